The number of morpholine rings is 1. The number of aromatic nitrogens is 2. The molecule has 3 aromatic rings. The summed E-state index contributed by atoms with van der Waals surface area (Å²) < 4.78 is 7.48. The molecule has 1 N–H and O–H groups in total. The van der Waals surface area contributed by atoms with Crippen molar-refractivity contribution in [1.82, 2.24) is 20.0 Å². The van der Waals surface area contributed by atoms with Gasteiger partial charge in [0.15, 0.2) is 0 Å². The summed E-state index contributed by atoms with van der Waals surface area (Å²) in [6.45, 7) is 8.57. The molecule has 1 saturated heterocycles. The number of nitrogens with zero attached hydrogens (tertiary/aromatic N) is 3. The van der Waals surface area contributed by atoms with Gasteiger partial charge < -0.3 is 10.1 Å². The van der Waals surface area contributed by atoms with E-state index < -0.39 is 0 Å². The summed E-state index contributed by atoms with van der Waals surface area (Å²) >= 11 is 0. The number of rotatable bonds is 8. The summed E-state index contributed by atoms with van der Waals surface area (Å²) in [5.74, 6) is -0.0629. The molecule has 2 heterocycles. The molecular weight excluding hydrogens is 400 g/mol. The summed E-state index contributed by atoms with van der Waals surface area (Å²) in [6, 6.07) is 18.9. The van der Waals surface area contributed by atoms with Gasteiger partial charge >= 0.3 is 0 Å². The molecule has 2 aromatic carbocycles. The van der Waals surface area contributed by atoms with Gasteiger partial charge in [0.2, 0.25) is 0 Å². The van der Waals surface area contributed by atoms with Gasteiger partial charge in [0, 0.05) is 19.6 Å². The number of carbonyl (C=O) groups is 1. The van der Waals surface area contributed by atoms with Gasteiger partial charge in [0.05, 0.1) is 43.3 Å². The van der Waals surface area contributed by atoms with Crippen molar-refractivity contribution in [3.05, 3.63) is 88.7 Å². The van der Waals surface area contributed by atoms with Crippen LogP contribution in [0.25, 0.3) is 0 Å². The van der Waals surface area contributed by atoms with Crippen LogP contribution in [0.5, 0.6) is 0 Å². The first-order chi connectivity index (χ1) is 15.7. The van der Waals surface area contributed by atoms with Crippen LogP contribution in [-0.2, 0) is 17.7 Å². The number of benzene rings is 2. The fourth-order valence-electron chi connectivity index (χ4n) is 4.37. The molecule has 0 saturated carbocycles. The quantitative estimate of drug-likeness (QED) is 0.591. The van der Waals surface area contributed by atoms with Gasteiger partial charge in [0.25, 0.3) is 5.91 Å². The largest absolute Gasteiger partial charge is 0.379 e. The Labute approximate surface area is 190 Å². The lowest BCUT2D eigenvalue weighted by Crippen LogP contribution is -2.43. The highest BCUT2D eigenvalue weighted by Crippen LogP contribution is 2.22. The maximum atomic E-state index is 13.2. The Morgan fingerprint density at radius 2 is 1.91 bits per heavy atom. The molecule has 168 valence electrons. The molecule has 0 aliphatic carbocycles. The first-order valence-corrected chi connectivity index (χ1v) is 11.4. The van der Waals surface area contributed by atoms with Crippen molar-refractivity contribution in [3.8, 4) is 0 Å². The van der Waals surface area contributed by atoms with E-state index in [1.54, 1.807) is 6.20 Å². The third kappa shape index (κ3) is 5.26. The minimum Gasteiger partial charge on any atom is -0.379 e. The minimum atomic E-state index is -0.0629. The summed E-state index contributed by atoms with van der Waals surface area (Å²) in [7, 11) is 0. The van der Waals surface area contributed by atoms with Gasteiger partial charge in [-0.25, -0.2) is 0 Å². The van der Waals surface area contributed by atoms with E-state index in [0.717, 1.165) is 38.4 Å². The zero-order valence-electron chi connectivity index (χ0n) is 19.0. The second-order valence-corrected chi connectivity index (χ2v) is 8.29. The number of hydrogen-bond acceptors (Lipinski definition) is 4. The SMILES string of the molecule is CCc1c(C(=O)NCC(c2cccc(C)c2)N2CCOCC2)cnn1Cc1ccccc1. The summed E-state index contributed by atoms with van der Waals surface area (Å²) in [5, 5.41) is 7.71. The van der Waals surface area contributed by atoms with Gasteiger partial charge in [-0.15, -0.1) is 0 Å². The lowest BCUT2D eigenvalue weighted by atomic mass is 10.0. The number of amides is 1. The predicted octanol–water partition coefficient (Wildman–Crippen LogP) is 3.61. The Bertz CT molecular complexity index is 1030. The molecule has 32 heavy (non-hydrogen) atoms. The molecule has 1 aromatic heterocycles. The standard InChI is InChI=1S/C26H32N4O2/c1-3-24-23(17-28-30(24)19-21-9-5-4-6-10-21)26(31)27-18-25(29-12-14-32-15-13-29)22-11-7-8-20(2)16-22/h4-11,16-17,25H,3,12-15,18-19H2,1-2H3,(H,27,31). The molecule has 0 radical (unpaired) electrons. The van der Waals surface area contributed by atoms with E-state index >= 15 is 0 Å². The topological polar surface area (TPSA) is 59.4 Å². The zero-order valence-corrected chi connectivity index (χ0v) is 19.0. The minimum absolute atomic E-state index is 0.0629. The monoisotopic (exact) mass is 432 g/mol. The van der Waals surface area contributed by atoms with Crippen LogP contribution >= 0.6 is 0 Å². The molecule has 4 rings (SSSR count). The number of aryl methyl sites for hydroxylation is 1. The Balaban J connectivity index is 1.49. The van der Waals surface area contributed by atoms with Crippen molar-refractivity contribution in [2.24, 2.45) is 0 Å². The maximum Gasteiger partial charge on any atom is 0.254 e. The van der Waals surface area contributed by atoms with Crippen molar-refractivity contribution in [2.75, 3.05) is 32.8 Å². The Kier molecular flexibility index (Phi) is 7.35. The Hall–Kier alpha value is -2.96. The van der Waals surface area contributed by atoms with E-state index in [4.69, 9.17) is 4.74 Å². The fourth-order valence-corrected chi connectivity index (χ4v) is 4.37. The Morgan fingerprint density at radius 1 is 1.12 bits per heavy atom. The van der Waals surface area contributed by atoms with Crippen molar-refractivity contribution in [3.63, 3.8) is 0 Å². The van der Waals surface area contributed by atoms with Gasteiger partial charge in [-0.2, -0.15) is 5.10 Å². The highest BCUT2D eigenvalue weighted by atomic mass is 16.5. The molecule has 0 spiro atoms. The number of hydrogen-bond donors (Lipinski definition) is 1. The average molecular weight is 433 g/mol. The van der Waals surface area contributed by atoms with Crippen molar-refractivity contribution >= 4 is 5.91 Å². The zero-order chi connectivity index (χ0) is 22.3. The van der Waals surface area contributed by atoms with E-state index in [0.29, 0.717) is 18.7 Å². The normalized spacial score (nSPS) is 15.4. The van der Waals surface area contributed by atoms with E-state index in [2.05, 4.69) is 65.6 Å². The average Bonchev–Trinajstić information content (AvgIpc) is 3.23. The second kappa shape index (κ2) is 10.6. The molecule has 6 heteroatoms. The van der Waals surface area contributed by atoms with Crippen LogP contribution < -0.4 is 5.32 Å². The van der Waals surface area contributed by atoms with E-state index in [1.165, 1.54) is 16.7 Å². The van der Waals surface area contributed by atoms with Crippen molar-refractivity contribution in [1.29, 1.82) is 0 Å². The highest BCUT2D eigenvalue weighted by Gasteiger charge is 2.24. The lowest BCUT2D eigenvalue weighted by Gasteiger charge is -2.35. The van der Waals surface area contributed by atoms with Crippen LogP contribution in [0.15, 0.2) is 60.8 Å². The van der Waals surface area contributed by atoms with Crippen LogP contribution in [0.1, 0.15) is 45.7 Å². The molecule has 6 nitrogen and oxygen atoms in total. The highest BCUT2D eigenvalue weighted by molar-refractivity contribution is 5.95. The molecule has 1 aliphatic heterocycles. The molecule has 1 aliphatic rings. The molecular formula is C26H32N4O2. The summed E-state index contributed by atoms with van der Waals surface area (Å²) in [5.41, 5.74) is 5.24. The molecule has 0 bridgehead atoms. The van der Waals surface area contributed by atoms with Crippen LogP contribution in [-0.4, -0.2) is 53.4 Å². The first-order valence-electron chi connectivity index (χ1n) is 11.4. The third-order valence-electron chi connectivity index (χ3n) is 6.07. The molecule has 1 unspecified atom stereocenters. The molecule has 1 atom stereocenters. The fraction of sp³-hybridized carbons (Fsp3) is 0.385. The maximum absolute atomic E-state index is 13.2. The van der Waals surface area contributed by atoms with Gasteiger partial charge in [-0.3, -0.25) is 14.4 Å². The van der Waals surface area contributed by atoms with Crippen molar-refractivity contribution < 1.29 is 9.53 Å². The van der Waals surface area contributed by atoms with Gasteiger partial charge in [-0.1, -0.05) is 67.1 Å². The predicted molar refractivity (Wildman–Crippen MR) is 126 cm³/mol. The Morgan fingerprint density at radius 3 is 2.62 bits per heavy atom. The van der Waals surface area contributed by atoms with Crippen LogP contribution in [0, 0.1) is 6.92 Å². The second-order valence-electron chi connectivity index (χ2n) is 8.29. The third-order valence-corrected chi connectivity index (χ3v) is 6.07. The van der Waals surface area contributed by atoms with E-state index in [9.17, 15) is 4.79 Å². The molecule has 1 amide bonds. The summed E-state index contributed by atoms with van der Waals surface area (Å²) in [6.07, 6.45) is 2.45. The van der Waals surface area contributed by atoms with Crippen LogP contribution in [0.2, 0.25) is 0 Å². The number of carbonyl (C=O) groups excluding carboxylic acids is 1. The van der Waals surface area contributed by atoms with Crippen LogP contribution in [0.4, 0.5) is 0 Å². The lowest BCUT2D eigenvalue weighted by molar-refractivity contribution is 0.0162. The van der Waals surface area contributed by atoms with Crippen LogP contribution in [0.3, 0.4) is 0 Å². The van der Waals surface area contributed by atoms with Crippen molar-refractivity contribution in [2.45, 2.75) is 32.9 Å². The number of nitrogens with one attached hydrogen (secondary N) is 1. The summed E-state index contributed by atoms with van der Waals surface area (Å²) in [4.78, 5) is 15.6. The smallest absolute Gasteiger partial charge is 0.254 e. The van der Waals surface area contributed by atoms with Gasteiger partial charge in [0.1, 0.15) is 0 Å². The van der Waals surface area contributed by atoms with Gasteiger partial charge in [-0.05, 0) is 24.5 Å². The van der Waals surface area contributed by atoms with E-state index in [1.807, 2.05) is 22.9 Å². The molecule has 1 fully saturated rings. The number of ether oxygens (including phenoxy) is 1. The first kappa shape index (κ1) is 22.2. The van der Waals surface area contributed by atoms with E-state index in [-0.39, 0.29) is 11.9 Å².